The van der Waals surface area contributed by atoms with Gasteiger partial charge in [0.05, 0.1) is 11.0 Å². The lowest BCUT2D eigenvalue weighted by Gasteiger charge is -2.19. The SMILES string of the molecule is C=C(/C=C\C(C#N)=C/C)S(=O)(=O)NCCN1CCc2ccccc21. The predicted octanol–water partition coefficient (Wildman–Crippen LogP) is 2.51. The topological polar surface area (TPSA) is 73.2 Å². The summed E-state index contributed by atoms with van der Waals surface area (Å²) in [6.45, 7) is 7.08. The maximum Gasteiger partial charge on any atom is 0.240 e. The molecule has 0 aromatic heterocycles. The number of rotatable bonds is 7. The fourth-order valence-electron chi connectivity index (χ4n) is 2.52. The highest BCUT2D eigenvalue weighted by molar-refractivity contribution is 7.93. The van der Waals surface area contributed by atoms with Gasteiger partial charge in [0.2, 0.25) is 10.0 Å². The summed E-state index contributed by atoms with van der Waals surface area (Å²) in [6, 6.07) is 10.1. The van der Waals surface area contributed by atoms with Crippen molar-refractivity contribution >= 4 is 15.7 Å². The highest BCUT2D eigenvalue weighted by Gasteiger charge is 2.19. The van der Waals surface area contributed by atoms with Crippen LogP contribution >= 0.6 is 0 Å². The predicted molar refractivity (Wildman–Crippen MR) is 96.9 cm³/mol. The third-order valence-electron chi connectivity index (χ3n) is 3.89. The molecule has 0 atom stereocenters. The van der Waals surface area contributed by atoms with Gasteiger partial charge in [-0.15, -0.1) is 0 Å². The highest BCUT2D eigenvalue weighted by atomic mass is 32.2. The second kappa shape index (κ2) is 7.95. The Bertz CT molecular complexity index is 817. The number of hydrogen-bond acceptors (Lipinski definition) is 4. The first-order valence-corrected chi connectivity index (χ1v) is 9.22. The molecule has 2 rings (SSSR count). The molecule has 0 amide bonds. The number of allylic oxidation sites excluding steroid dienone is 4. The van der Waals surface area contributed by atoms with E-state index in [0.717, 1.165) is 13.0 Å². The number of nitrogens with one attached hydrogen (secondary N) is 1. The number of anilines is 1. The van der Waals surface area contributed by atoms with Gasteiger partial charge in [0.15, 0.2) is 0 Å². The number of para-hydroxylation sites is 1. The number of nitrogens with zero attached hydrogens (tertiary/aromatic N) is 2. The van der Waals surface area contributed by atoms with E-state index < -0.39 is 10.0 Å². The van der Waals surface area contributed by atoms with E-state index in [2.05, 4.69) is 28.3 Å². The van der Waals surface area contributed by atoms with Crippen molar-refractivity contribution < 1.29 is 8.42 Å². The molecule has 1 aliphatic heterocycles. The summed E-state index contributed by atoms with van der Waals surface area (Å²) in [4.78, 5) is 2.11. The molecule has 24 heavy (non-hydrogen) atoms. The summed E-state index contributed by atoms with van der Waals surface area (Å²) in [6.07, 6.45) is 5.37. The van der Waals surface area contributed by atoms with E-state index >= 15 is 0 Å². The van der Waals surface area contributed by atoms with Gasteiger partial charge in [-0.05, 0) is 37.1 Å². The molecule has 1 aromatic carbocycles. The zero-order chi connectivity index (χ0) is 17.6. The van der Waals surface area contributed by atoms with Gasteiger partial charge in [0.1, 0.15) is 0 Å². The molecule has 6 heteroatoms. The molecule has 1 aliphatic rings. The van der Waals surface area contributed by atoms with Gasteiger partial charge in [-0.25, -0.2) is 13.1 Å². The zero-order valence-corrected chi connectivity index (χ0v) is 14.5. The van der Waals surface area contributed by atoms with Gasteiger partial charge in [-0.1, -0.05) is 30.9 Å². The average molecular weight is 343 g/mol. The van der Waals surface area contributed by atoms with Crippen LogP contribution in [0.5, 0.6) is 0 Å². The van der Waals surface area contributed by atoms with Crippen LogP contribution in [0, 0.1) is 11.3 Å². The molecule has 0 spiro atoms. The van der Waals surface area contributed by atoms with Crippen molar-refractivity contribution in [2.45, 2.75) is 13.3 Å². The number of hydrogen-bond donors (Lipinski definition) is 1. The summed E-state index contributed by atoms with van der Waals surface area (Å²) in [5.41, 5.74) is 2.85. The summed E-state index contributed by atoms with van der Waals surface area (Å²) in [7, 11) is -3.64. The summed E-state index contributed by atoms with van der Waals surface area (Å²) in [5.74, 6) is 0. The monoisotopic (exact) mass is 343 g/mol. The lowest BCUT2D eigenvalue weighted by Crippen LogP contribution is -2.34. The number of benzene rings is 1. The molecule has 0 saturated carbocycles. The van der Waals surface area contributed by atoms with Gasteiger partial charge < -0.3 is 4.90 Å². The lowest BCUT2D eigenvalue weighted by atomic mass is 10.2. The van der Waals surface area contributed by atoms with Crippen LogP contribution in [0.25, 0.3) is 0 Å². The first-order valence-electron chi connectivity index (χ1n) is 7.74. The lowest BCUT2D eigenvalue weighted by molar-refractivity contribution is 0.588. The Morgan fingerprint density at radius 3 is 2.88 bits per heavy atom. The zero-order valence-electron chi connectivity index (χ0n) is 13.7. The third-order valence-corrected chi connectivity index (χ3v) is 5.30. The Balaban J connectivity index is 1.90. The second-order valence-corrected chi connectivity index (χ2v) is 7.24. The van der Waals surface area contributed by atoms with E-state index in [0.29, 0.717) is 18.7 Å². The van der Waals surface area contributed by atoms with Gasteiger partial charge >= 0.3 is 0 Å². The highest BCUT2D eigenvalue weighted by Crippen LogP contribution is 2.26. The van der Waals surface area contributed by atoms with E-state index in [1.54, 1.807) is 13.0 Å². The first-order chi connectivity index (χ1) is 11.5. The van der Waals surface area contributed by atoms with Crippen LogP contribution in [-0.4, -0.2) is 28.1 Å². The molecular weight excluding hydrogens is 322 g/mol. The first kappa shape index (κ1) is 18.0. The number of sulfonamides is 1. The van der Waals surface area contributed by atoms with Crippen molar-refractivity contribution in [1.29, 1.82) is 5.26 Å². The minimum absolute atomic E-state index is 0.0566. The van der Waals surface area contributed by atoms with Crippen molar-refractivity contribution in [3.63, 3.8) is 0 Å². The van der Waals surface area contributed by atoms with E-state index in [1.165, 1.54) is 23.4 Å². The van der Waals surface area contributed by atoms with Crippen LogP contribution in [0.3, 0.4) is 0 Å². The smallest absolute Gasteiger partial charge is 0.240 e. The van der Waals surface area contributed by atoms with Gasteiger partial charge in [0.25, 0.3) is 0 Å². The van der Waals surface area contributed by atoms with Crippen LogP contribution in [0.2, 0.25) is 0 Å². The van der Waals surface area contributed by atoms with Crippen molar-refractivity contribution in [3.8, 4) is 6.07 Å². The van der Waals surface area contributed by atoms with Gasteiger partial charge in [-0.3, -0.25) is 0 Å². The van der Waals surface area contributed by atoms with Crippen molar-refractivity contribution in [2.24, 2.45) is 0 Å². The molecule has 0 radical (unpaired) electrons. The number of fused-ring (bicyclic) bond motifs is 1. The average Bonchev–Trinajstić information content (AvgIpc) is 2.99. The van der Waals surface area contributed by atoms with Crippen molar-refractivity contribution in [3.05, 3.63) is 65.1 Å². The van der Waals surface area contributed by atoms with Gasteiger partial charge in [0, 0.05) is 30.9 Å². The van der Waals surface area contributed by atoms with Crippen LogP contribution < -0.4 is 9.62 Å². The normalized spacial score (nSPS) is 14.7. The summed E-state index contributed by atoms with van der Waals surface area (Å²) < 4.78 is 26.9. The molecular formula is C18H21N3O2S. The summed E-state index contributed by atoms with van der Waals surface area (Å²) in [5, 5.41) is 8.81. The molecule has 5 nitrogen and oxygen atoms in total. The molecule has 126 valence electrons. The van der Waals surface area contributed by atoms with E-state index in [-0.39, 0.29) is 4.91 Å². The van der Waals surface area contributed by atoms with Crippen LogP contribution in [0.1, 0.15) is 12.5 Å². The Labute approximate surface area is 143 Å². The minimum atomic E-state index is -3.64. The molecule has 1 heterocycles. The van der Waals surface area contributed by atoms with Crippen molar-refractivity contribution in [2.75, 3.05) is 24.5 Å². The fourth-order valence-corrected chi connectivity index (χ4v) is 3.31. The maximum absolute atomic E-state index is 12.2. The Morgan fingerprint density at radius 2 is 2.17 bits per heavy atom. The van der Waals surface area contributed by atoms with E-state index in [9.17, 15) is 8.42 Å². The molecule has 0 aliphatic carbocycles. The summed E-state index contributed by atoms with van der Waals surface area (Å²) >= 11 is 0. The van der Waals surface area contributed by atoms with E-state index in [4.69, 9.17) is 5.26 Å². The van der Waals surface area contributed by atoms with Crippen LogP contribution in [0.4, 0.5) is 5.69 Å². The fraction of sp³-hybridized carbons (Fsp3) is 0.278. The molecule has 0 bridgehead atoms. The standard InChI is InChI=1S/C18H21N3O2S/c1-3-16(14-19)9-8-15(2)24(22,23)20-11-13-21-12-10-17-6-4-5-7-18(17)21/h3-9,20H,2,10-13H2,1H3/b9-8-,16-3+. The quantitative estimate of drug-likeness (QED) is 0.610. The van der Waals surface area contributed by atoms with Crippen LogP contribution in [0.15, 0.2) is 59.6 Å². The van der Waals surface area contributed by atoms with Crippen molar-refractivity contribution in [1.82, 2.24) is 4.72 Å². The molecule has 0 saturated heterocycles. The number of nitriles is 1. The third kappa shape index (κ3) is 4.34. The Kier molecular flexibility index (Phi) is 5.96. The Hall–Kier alpha value is -2.36. The molecule has 0 fully saturated rings. The molecule has 1 aromatic rings. The maximum atomic E-state index is 12.2. The molecule has 1 N–H and O–H groups in total. The van der Waals surface area contributed by atoms with Gasteiger partial charge in [-0.2, -0.15) is 5.26 Å². The Morgan fingerprint density at radius 1 is 1.42 bits per heavy atom. The molecule has 0 unspecified atom stereocenters. The second-order valence-electron chi connectivity index (χ2n) is 5.42. The minimum Gasteiger partial charge on any atom is -0.370 e. The largest absolute Gasteiger partial charge is 0.370 e. The van der Waals surface area contributed by atoms with Crippen LogP contribution in [-0.2, 0) is 16.4 Å². The van der Waals surface area contributed by atoms with E-state index in [1.807, 2.05) is 18.2 Å².